The summed E-state index contributed by atoms with van der Waals surface area (Å²) >= 11 is 0. The van der Waals surface area contributed by atoms with E-state index >= 15 is 0 Å². The molecule has 0 fully saturated rings. The van der Waals surface area contributed by atoms with E-state index in [1.54, 1.807) is 7.05 Å². The molecule has 0 aliphatic heterocycles. The maximum atomic E-state index is 9.54. The normalized spacial score (nSPS) is 7.00. The van der Waals surface area contributed by atoms with Crippen molar-refractivity contribution in [2.45, 2.75) is 0 Å². The quantitative estimate of drug-likeness (QED) is 0.364. The van der Waals surface area contributed by atoms with Crippen molar-refractivity contribution in [3.63, 3.8) is 0 Å². The zero-order valence-electron chi connectivity index (χ0n) is 5.56. The first-order valence-electron chi connectivity index (χ1n) is 1.63. The number of nitrogens with one attached hydrogen (secondary N) is 1. The molecule has 0 spiro atoms. The molecule has 0 aromatic heterocycles. The summed E-state index contributed by atoms with van der Waals surface area (Å²) in [7, 11) is 1.59. The molecule has 0 saturated heterocycles. The fourth-order valence-corrected chi connectivity index (χ4v) is 0.151. The Labute approximate surface area is 65.9 Å². The summed E-state index contributed by atoms with van der Waals surface area (Å²) in [6.45, 7) is 0.0417. The SMILES string of the molecule is CNCC(=O)O.[H-].[Na+]. The van der Waals surface area contributed by atoms with E-state index in [0.717, 1.165) is 0 Å². The fraction of sp³-hybridized carbons (Fsp3) is 0.667. The zero-order valence-corrected chi connectivity index (χ0v) is 6.56. The van der Waals surface area contributed by atoms with E-state index < -0.39 is 5.97 Å². The van der Waals surface area contributed by atoms with E-state index in [0.29, 0.717) is 0 Å². The van der Waals surface area contributed by atoms with Crippen LogP contribution in [-0.4, -0.2) is 24.7 Å². The zero-order chi connectivity index (χ0) is 4.99. The van der Waals surface area contributed by atoms with Crippen LogP contribution in [0.15, 0.2) is 0 Å². The summed E-state index contributed by atoms with van der Waals surface area (Å²) in [5, 5.41) is 10.3. The Balaban J connectivity index is -0.000000125. The Bertz CT molecular complexity index is 61.2. The molecule has 0 heterocycles. The van der Waals surface area contributed by atoms with Crippen LogP contribution in [0.3, 0.4) is 0 Å². The molecule has 0 aromatic carbocycles. The molecule has 0 radical (unpaired) electrons. The Morgan fingerprint density at radius 3 is 2.43 bits per heavy atom. The van der Waals surface area contributed by atoms with Crippen LogP contribution in [0.1, 0.15) is 1.43 Å². The maximum absolute atomic E-state index is 9.54. The molecule has 0 aliphatic carbocycles. The van der Waals surface area contributed by atoms with E-state index in [-0.39, 0.29) is 37.5 Å². The van der Waals surface area contributed by atoms with E-state index in [1.165, 1.54) is 0 Å². The molecule has 0 rings (SSSR count). The van der Waals surface area contributed by atoms with Crippen LogP contribution in [0.2, 0.25) is 0 Å². The average Bonchev–Trinajstić information content (AvgIpc) is 1.35. The van der Waals surface area contributed by atoms with Crippen LogP contribution in [0.25, 0.3) is 0 Å². The van der Waals surface area contributed by atoms with Gasteiger partial charge in [-0.2, -0.15) is 0 Å². The molecular weight excluding hydrogens is 105 g/mol. The van der Waals surface area contributed by atoms with Gasteiger partial charge in [0, 0.05) is 0 Å². The molecule has 0 amide bonds. The second-order valence-electron chi connectivity index (χ2n) is 0.924. The van der Waals surface area contributed by atoms with Crippen molar-refractivity contribution >= 4 is 5.97 Å². The summed E-state index contributed by atoms with van der Waals surface area (Å²) in [5.74, 6) is -0.822. The predicted octanol–water partition coefficient (Wildman–Crippen LogP) is -3.59. The van der Waals surface area contributed by atoms with Gasteiger partial charge >= 0.3 is 35.5 Å². The van der Waals surface area contributed by atoms with E-state index in [2.05, 4.69) is 5.32 Å². The second-order valence-corrected chi connectivity index (χ2v) is 0.924. The van der Waals surface area contributed by atoms with Crippen molar-refractivity contribution < 1.29 is 40.9 Å². The Morgan fingerprint density at radius 2 is 2.43 bits per heavy atom. The third kappa shape index (κ3) is 10.7. The molecule has 7 heavy (non-hydrogen) atoms. The number of aliphatic carboxylic acids is 1. The number of hydrogen-bond acceptors (Lipinski definition) is 2. The third-order valence-electron chi connectivity index (χ3n) is 0.328. The number of carbonyl (C=O) groups is 1. The van der Waals surface area contributed by atoms with Crippen LogP contribution < -0.4 is 34.9 Å². The minimum atomic E-state index is -0.822. The largest absolute Gasteiger partial charge is 1.00 e. The van der Waals surface area contributed by atoms with Gasteiger partial charge in [-0.3, -0.25) is 4.79 Å². The topological polar surface area (TPSA) is 49.3 Å². The smallest absolute Gasteiger partial charge is 1.00 e. The van der Waals surface area contributed by atoms with Crippen LogP contribution in [0, 0.1) is 0 Å². The van der Waals surface area contributed by atoms with Crippen LogP contribution in [-0.2, 0) is 4.79 Å². The predicted molar refractivity (Wildman–Crippen MR) is 22.7 cm³/mol. The van der Waals surface area contributed by atoms with Crippen molar-refractivity contribution in [2.24, 2.45) is 0 Å². The summed E-state index contributed by atoms with van der Waals surface area (Å²) < 4.78 is 0. The minimum absolute atomic E-state index is 0. The van der Waals surface area contributed by atoms with Gasteiger partial charge in [0.05, 0.1) is 6.54 Å². The van der Waals surface area contributed by atoms with Crippen molar-refractivity contribution in [1.29, 1.82) is 0 Å². The van der Waals surface area contributed by atoms with Gasteiger partial charge in [0.25, 0.3) is 0 Å². The Hall–Kier alpha value is 0.430. The van der Waals surface area contributed by atoms with E-state index in [1.807, 2.05) is 0 Å². The Kier molecular flexibility index (Phi) is 9.57. The number of rotatable bonds is 2. The third-order valence-corrected chi connectivity index (χ3v) is 0.328. The van der Waals surface area contributed by atoms with Crippen molar-refractivity contribution in [2.75, 3.05) is 13.6 Å². The molecule has 4 heteroatoms. The van der Waals surface area contributed by atoms with Gasteiger partial charge in [0.15, 0.2) is 0 Å². The minimum Gasteiger partial charge on any atom is -1.00 e. The number of likely N-dealkylation sites (N-methyl/N-ethyl adjacent to an activating group) is 1. The van der Waals surface area contributed by atoms with Gasteiger partial charge in [0.2, 0.25) is 0 Å². The molecule has 3 nitrogen and oxygen atoms in total. The van der Waals surface area contributed by atoms with Crippen LogP contribution in [0.4, 0.5) is 0 Å². The molecule has 0 aromatic rings. The van der Waals surface area contributed by atoms with Crippen molar-refractivity contribution in [1.82, 2.24) is 5.32 Å². The van der Waals surface area contributed by atoms with Crippen molar-refractivity contribution in [3.8, 4) is 0 Å². The first-order chi connectivity index (χ1) is 2.77. The first kappa shape index (κ1) is 10.4. The summed E-state index contributed by atoms with van der Waals surface area (Å²) in [6.07, 6.45) is 0. The summed E-state index contributed by atoms with van der Waals surface area (Å²) in [6, 6.07) is 0. The molecule has 0 unspecified atom stereocenters. The van der Waals surface area contributed by atoms with Crippen LogP contribution in [0.5, 0.6) is 0 Å². The van der Waals surface area contributed by atoms with E-state index in [4.69, 9.17) is 5.11 Å². The number of carboxylic acid groups (broad SMARTS) is 1. The van der Waals surface area contributed by atoms with Gasteiger partial charge in [-0.15, -0.1) is 0 Å². The molecule has 0 aliphatic rings. The molecule has 0 atom stereocenters. The second kappa shape index (κ2) is 6.43. The summed E-state index contributed by atoms with van der Waals surface area (Å²) in [5.41, 5.74) is 0. The van der Waals surface area contributed by atoms with Gasteiger partial charge < -0.3 is 11.8 Å². The van der Waals surface area contributed by atoms with Crippen LogP contribution >= 0.6 is 0 Å². The average molecular weight is 113 g/mol. The van der Waals surface area contributed by atoms with E-state index in [9.17, 15) is 4.79 Å². The molecule has 38 valence electrons. The fourth-order valence-electron chi connectivity index (χ4n) is 0.151. The van der Waals surface area contributed by atoms with Gasteiger partial charge in [-0.05, 0) is 7.05 Å². The van der Waals surface area contributed by atoms with Gasteiger partial charge in [-0.1, -0.05) is 0 Å². The maximum Gasteiger partial charge on any atom is 1.00 e. The first-order valence-corrected chi connectivity index (χ1v) is 1.63. The van der Waals surface area contributed by atoms with Crippen molar-refractivity contribution in [3.05, 3.63) is 0 Å². The standard InChI is InChI=1S/C3H7NO2.Na.H/c1-4-2-3(5)6;;/h4H,2H2,1H3,(H,5,6);;/q;+1;-1. The number of carboxylic acids is 1. The number of hydrogen-bond donors (Lipinski definition) is 2. The van der Waals surface area contributed by atoms with Gasteiger partial charge in [0.1, 0.15) is 0 Å². The Morgan fingerprint density at radius 1 is 2.00 bits per heavy atom. The van der Waals surface area contributed by atoms with Gasteiger partial charge in [-0.25, -0.2) is 0 Å². The monoisotopic (exact) mass is 113 g/mol. The molecule has 0 saturated carbocycles. The molecule has 2 N–H and O–H groups in total. The summed E-state index contributed by atoms with van der Waals surface area (Å²) in [4.78, 5) is 9.54. The molecule has 0 bridgehead atoms. The molecular formula is C3H8NNaO2.